The average Bonchev–Trinajstić information content (AvgIpc) is 3.23. The number of thioether (sulfide) groups is 1. The molecule has 1 saturated heterocycles. The zero-order valence-electron chi connectivity index (χ0n) is 20.0. The molecule has 1 N–H and O–H groups in total. The summed E-state index contributed by atoms with van der Waals surface area (Å²) in [5, 5.41) is 10.00. The highest BCUT2D eigenvalue weighted by Gasteiger charge is 2.34. The number of para-hydroxylation sites is 2. The number of ether oxygens (including phenoxy) is 1. The van der Waals surface area contributed by atoms with Gasteiger partial charge in [-0.2, -0.15) is 0 Å². The molecule has 188 valence electrons. The first-order valence-electron chi connectivity index (χ1n) is 11.7. The molecule has 1 fully saturated rings. The Morgan fingerprint density at radius 1 is 0.947 bits per heavy atom. The number of aliphatic imine (C=N–C) groups is 1. The lowest BCUT2D eigenvalue weighted by Gasteiger charge is -2.15. The van der Waals surface area contributed by atoms with Gasteiger partial charge in [0.2, 0.25) is 0 Å². The van der Waals surface area contributed by atoms with Crippen LogP contribution < -0.4 is 9.64 Å². The van der Waals surface area contributed by atoms with Gasteiger partial charge in [-0.15, -0.1) is 0 Å². The molecule has 0 aromatic heterocycles. The lowest BCUT2D eigenvalue weighted by molar-refractivity contribution is -0.113. The quantitative estimate of drug-likeness (QED) is 0.247. The lowest BCUT2D eigenvalue weighted by Crippen LogP contribution is -2.28. The van der Waals surface area contributed by atoms with E-state index in [0.29, 0.717) is 20.8 Å². The first-order valence-corrected chi connectivity index (χ1v) is 12.8. The first kappa shape index (κ1) is 25.3. The summed E-state index contributed by atoms with van der Waals surface area (Å²) >= 11 is 7.79. The van der Waals surface area contributed by atoms with Crippen molar-refractivity contribution in [2.24, 2.45) is 4.99 Å². The van der Waals surface area contributed by atoms with Gasteiger partial charge >= 0.3 is 5.97 Å². The second-order valence-electron chi connectivity index (χ2n) is 8.30. The standard InChI is InChI=1S/C30H21ClN2O4S/c31-25-17-21(13-16-26(25)37-19-20-11-14-22(15-12-20)29(35)36)18-27-28(34)33(24-9-5-2-6-10-24)30(38-27)32-23-7-3-1-4-8-23/h1-18H,19H2,(H,35,36)/b27-18+,32-30?. The molecule has 1 aliphatic heterocycles. The van der Waals surface area contributed by atoms with Crippen LogP contribution in [0.25, 0.3) is 6.08 Å². The molecule has 0 aliphatic carbocycles. The third-order valence-corrected chi connectivity index (χ3v) is 6.91. The number of benzene rings is 4. The van der Waals surface area contributed by atoms with Crippen molar-refractivity contribution in [1.82, 2.24) is 0 Å². The number of halogens is 1. The van der Waals surface area contributed by atoms with Crippen LogP contribution in [0.1, 0.15) is 21.5 Å². The number of carbonyl (C=O) groups is 2. The SMILES string of the molecule is O=C(O)c1ccc(COc2ccc(/C=C3/SC(=Nc4ccccc4)N(c4ccccc4)C3=O)cc2Cl)cc1. The Hall–Kier alpha value is -4.33. The van der Waals surface area contributed by atoms with Crippen molar-refractivity contribution in [3.8, 4) is 5.75 Å². The lowest BCUT2D eigenvalue weighted by atomic mass is 10.1. The maximum Gasteiger partial charge on any atom is 0.335 e. The topological polar surface area (TPSA) is 79.2 Å². The second-order valence-corrected chi connectivity index (χ2v) is 9.71. The Balaban J connectivity index is 1.36. The summed E-state index contributed by atoms with van der Waals surface area (Å²) in [4.78, 5) is 31.3. The van der Waals surface area contributed by atoms with Crippen LogP contribution >= 0.6 is 23.4 Å². The van der Waals surface area contributed by atoms with E-state index < -0.39 is 5.97 Å². The van der Waals surface area contributed by atoms with Crippen LogP contribution in [0.4, 0.5) is 11.4 Å². The summed E-state index contributed by atoms with van der Waals surface area (Å²) in [6.45, 7) is 0.236. The van der Waals surface area contributed by atoms with Gasteiger partial charge in [0.05, 0.1) is 26.9 Å². The molecule has 0 bridgehead atoms. The van der Waals surface area contributed by atoms with E-state index in [9.17, 15) is 9.59 Å². The molecule has 0 saturated carbocycles. The van der Waals surface area contributed by atoms with E-state index in [4.69, 9.17) is 26.4 Å². The number of nitrogens with zero attached hydrogens (tertiary/aromatic N) is 2. The van der Waals surface area contributed by atoms with Gasteiger partial charge in [0, 0.05) is 0 Å². The molecule has 1 amide bonds. The number of hydrogen-bond donors (Lipinski definition) is 1. The number of aromatic carboxylic acids is 1. The summed E-state index contributed by atoms with van der Waals surface area (Å²) in [7, 11) is 0. The van der Waals surface area contributed by atoms with Gasteiger partial charge < -0.3 is 9.84 Å². The number of carboxylic acids is 1. The number of carboxylic acid groups (broad SMARTS) is 1. The van der Waals surface area contributed by atoms with Gasteiger partial charge in [-0.1, -0.05) is 66.2 Å². The van der Waals surface area contributed by atoms with Crippen LogP contribution in [0, 0.1) is 0 Å². The van der Waals surface area contributed by atoms with Crippen molar-refractivity contribution in [3.05, 3.63) is 130 Å². The van der Waals surface area contributed by atoms with Crippen molar-refractivity contribution in [2.45, 2.75) is 6.61 Å². The largest absolute Gasteiger partial charge is 0.487 e. The van der Waals surface area contributed by atoms with Crippen LogP contribution in [0.15, 0.2) is 113 Å². The van der Waals surface area contributed by atoms with Gasteiger partial charge in [-0.25, -0.2) is 9.79 Å². The van der Waals surface area contributed by atoms with Crippen LogP contribution in [0.3, 0.4) is 0 Å². The van der Waals surface area contributed by atoms with E-state index >= 15 is 0 Å². The van der Waals surface area contributed by atoms with E-state index in [1.54, 1.807) is 35.2 Å². The maximum absolute atomic E-state index is 13.4. The van der Waals surface area contributed by atoms with Crippen molar-refractivity contribution in [2.75, 3.05) is 4.90 Å². The Morgan fingerprint density at radius 2 is 1.63 bits per heavy atom. The molecule has 0 radical (unpaired) electrons. The smallest absolute Gasteiger partial charge is 0.335 e. The van der Waals surface area contributed by atoms with Crippen molar-refractivity contribution in [3.63, 3.8) is 0 Å². The average molecular weight is 541 g/mol. The fraction of sp³-hybridized carbons (Fsp3) is 0.0333. The van der Waals surface area contributed by atoms with Gasteiger partial charge in [-0.3, -0.25) is 9.69 Å². The molecule has 6 nitrogen and oxygen atoms in total. The van der Waals surface area contributed by atoms with E-state index in [-0.39, 0.29) is 18.1 Å². The molecular formula is C30H21ClN2O4S. The molecule has 0 spiro atoms. The predicted octanol–water partition coefficient (Wildman–Crippen LogP) is 7.43. The molecule has 0 unspecified atom stereocenters. The second kappa shape index (κ2) is 11.4. The Labute approximate surface area is 228 Å². The Morgan fingerprint density at radius 3 is 2.29 bits per heavy atom. The van der Waals surface area contributed by atoms with E-state index in [2.05, 4.69) is 0 Å². The van der Waals surface area contributed by atoms with Crippen molar-refractivity contribution in [1.29, 1.82) is 0 Å². The summed E-state index contributed by atoms with van der Waals surface area (Å²) in [5.41, 5.74) is 3.27. The first-order chi connectivity index (χ1) is 18.5. The molecule has 1 heterocycles. The van der Waals surface area contributed by atoms with Crippen molar-refractivity contribution < 1.29 is 19.4 Å². The third-order valence-electron chi connectivity index (χ3n) is 5.65. The molecular weight excluding hydrogens is 520 g/mol. The Kier molecular flexibility index (Phi) is 7.58. The summed E-state index contributed by atoms with van der Waals surface area (Å²) < 4.78 is 5.83. The normalized spacial score (nSPS) is 15.3. The number of anilines is 1. The number of amidine groups is 1. The van der Waals surface area contributed by atoms with Crippen LogP contribution in [0.2, 0.25) is 5.02 Å². The van der Waals surface area contributed by atoms with Crippen molar-refractivity contribution >= 4 is 57.9 Å². The fourth-order valence-electron chi connectivity index (χ4n) is 3.75. The van der Waals surface area contributed by atoms with Crippen LogP contribution in [-0.2, 0) is 11.4 Å². The number of carbonyl (C=O) groups excluding carboxylic acids is 1. The highest BCUT2D eigenvalue weighted by atomic mass is 35.5. The van der Waals surface area contributed by atoms with Gasteiger partial charge in [-0.05, 0) is 77.5 Å². The van der Waals surface area contributed by atoms with Gasteiger partial charge in [0.1, 0.15) is 12.4 Å². The highest BCUT2D eigenvalue weighted by Crippen LogP contribution is 2.38. The highest BCUT2D eigenvalue weighted by molar-refractivity contribution is 8.19. The molecule has 1 aliphatic rings. The van der Waals surface area contributed by atoms with Crippen LogP contribution in [-0.4, -0.2) is 22.2 Å². The number of hydrogen-bond acceptors (Lipinski definition) is 5. The summed E-state index contributed by atoms with van der Waals surface area (Å²) in [6, 6.07) is 30.7. The van der Waals surface area contributed by atoms with Gasteiger partial charge in [0.25, 0.3) is 5.91 Å². The zero-order valence-corrected chi connectivity index (χ0v) is 21.5. The molecule has 4 aromatic rings. The molecule has 0 atom stereocenters. The predicted molar refractivity (Wildman–Crippen MR) is 152 cm³/mol. The maximum atomic E-state index is 13.4. The summed E-state index contributed by atoms with van der Waals surface area (Å²) in [6.07, 6.45) is 1.79. The number of amides is 1. The monoisotopic (exact) mass is 540 g/mol. The minimum atomic E-state index is -0.977. The van der Waals surface area contributed by atoms with E-state index in [1.165, 1.54) is 23.9 Å². The minimum absolute atomic E-state index is 0.169. The fourth-order valence-corrected chi connectivity index (χ4v) is 4.99. The third kappa shape index (κ3) is 5.80. The number of rotatable bonds is 7. The molecule has 8 heteroatoms. The molecule has 5 rings (SSSR count). The summed E-state index contributed by atoms with van der Waals surface area (Å²) in [5.74, 6) is -0.662. The Bertz CT molecular complexity index is 1540. The van der Waals surface area contributed by atoms with E-state index in [1.807, 2.05) is 66.7 Å². The zero-order chi connectivity index (χ0) is 26.5. The van der Waals surface area contributed by atoms with Crippen LogP contribution in [0.5, 0.6) is 5.75 Å². The molecule has 4 aromatic carbocycles. The van der Waals surface area contributed by atoms with Gasteiger partial charge in [0.15, 0.2) is 5.17 Å². The molecule has 38 heavy (non-hydrogen) atoms. The van der Waals surface area contributed by atoms with E-state index in [0.717, 1.165) is 22.5 Å². The minimum Gasteiger partial charge on any atom is -0.487 e.